The molecule has 2 aromatic rings. The van der Waals surface area contributed by atoms with E-state index < -0.39 is 5.60 Å². The fourth-order valence-electron chi connectivity index (χ4n) is 4.46. The number of rotatable bonds is 8. The molecule has 0 spiro atoms. The van der Waals surface area contributed by atoms with Crippen molar-refractivity contribution in [3.63, 3.8) is 0 Å². The van der Waals surface area contributed by atoms with E-state index in [0.717, 1.165) is 56.4 Å². The zero-order chi connectivity index (χ0) is 22.4. The molecular formula is C25H32Cl2N2O2. The van der Waals surface area contributed by atoms with Crippen molar-refractivity contribution in [1.29, 1.82) is 0 Å². The summed E-state index contributed by atoms with van der Waals surface area (Å²) in [4.78, 5) is 15.8. The number of unbranched alkanes of at least 4 members (excludes halogenated alkanes) is 1. The summed E-state index contributed by atoms with van der Waals surface area (Å²) < 4.78 is 0. The molecule has 6 heteroatoms. The highest BCUT2D eigenvalue weighted by Crippen LogP contribution is 2.42. The summed E-state index contributed by atoms with van der Waals surface area (Å²) in [6, 6.07) is 15.0. The Labute approximate surface area is 195 Å². The van der Waals surface area contributed by atoms with Crippen LogP contribution in [0.3, 0.4) is 0 Å². The zero-order valence-electron chi connectivity index (χ0n) is 18.4. The number of likely N-dealkylation sites (tertiary alicyclic amines) is 1. The van der Waals surface area contributed by atoms with Crippen molar-refractivity contribution in [2.24, 2.45) is 5.92 Å². The molecule has 1 aliphatic heterocycles. The second-order valence-electron chi connectivity index (χ2n) is 8.64. The number of hydrogen-bond acceptors (Lipinski definition) is 3. The molecule has 0 saturated carbocycles. The molecule has 0 radical (unpaired) electrons. The first-order valence-corrected chi connectivity index (χ1v) is 11.7. The minimum atomic E-state index is -1.08. The molecule has 1 aliphatic rings. The van der Waals surface area contributed by atoms with Gasteiger partial charge in [0.2, 0.25) is 5.91 Å². The van der Waals surface area contributed by atoms with Crippen LogP contribution < -0.4 is 0 Å². The van der Waals surface area contributed by atoms with E-state index in [4.69, 9.17) is 23.2 Å². The van der Waals surface area contributed by atoms with Gasteiger partial charge >= 0.3 is 0 Å². The van der Waals surface area contributed by atoms with Crippen molar-refractivity contribution in [3.8, 4) is 0 Å². The quantitative estimate of drug-likeness (QED) is 0.548. The van der Waals surface area contributed by atoms with Gasteiger partial charge in [0, 0.05) is 30.6 Å². The Morgan fingerprint density at radius 2 is 1.45 bits per heavy atom. The van der Waals surface area contributed by atoms with Crippen molar-refractivity contribution in [3.05, 3.63) is 69.7 Å². The highest BCUT2D eigenvalue weighted by Gasteiger charge is 2.41. The van der Waals surface area contributed by atoms with Crippen molar-refractivity contribution in [1.82, 2.24) is 9.80 Å². The van der Waals surface area contributed by atoms with E-state index in [1.807, 2.05) is 48.5 Å². The molecule has 1 amide bonds. The Morgan fingerprint density at radius 3 is 1.90 bits per heavy atom. The van der Waals surface area contributed by atoms with Gasteiger partial charge in [0.25, 0.3) is 0 Å². The largest absolute Gasteiger partial charge is 0.380 e. The molecule has 0 unspecified atom stereocenters. The lowest BCUT2D eigenvalue weighted by molar-refractivity contribution is -0.128. The molecule has 2 aromatic carbocycles. The second-order valence-corrected chi connectivity index (χ2v) is 9.51. The molecule has 168 valence electrons. The fraction of sp³-hybridized carbons (Fsp3) is 0.480. The predicted molar refractivity (Wildman–Crippen MR) is 128 cm³/mol. The van der Waals surface area contributed by atoms with Gasteiger partial charge in [-0.05, 0) is 86.6 Å². The fourth-order valence-corrected chi connectivity index (χ4v) is 4.71. The van der Waals surface area contributed by atoms with Crippen LogP contribution in [-0.2, 0) is 10.4 Å². The molecule has 1 heterocycles. The third-order valence-electron chi connectivity index (χ3n) is 6.36. The van der Waals surface area contributed by atoms with E-state index in [0.29, 0.717) is 16.5 Å². The number of halogens is 2. The van der Waals surface area contributed by atoms with Crippen LogP contribution in [0.4, 0.5) is 0 Å². The maximum Gasteiger partial charge on any atom is 0.222 e. The Hall–Kier alpha value is -1.59. The van der Waals surface area contributed by atoms with Crippen LogP contribution >= 0.6 is 23.2 Å². The van der Waals surface area contributed by atoms with Gasteiger partial charge in [0.15, 0.2) is 0 Å². The lowest BCUT2D eigenvalue weighted by Gasteiger charge is -2.42. The molecule has 0 aromatic heterocycles. The number of piperidine rings is 1. The standard InChI is InChI=1S/C25H32Cl2N2O2/c1-28(2)24(30)5-3-4-16-29-17-14-21(15-18-29)25(31,19-6-10-22(26)11-7-19)20-8-12-23(27)13-9-20/h6-13,21,31H,3-5,14-18H2,1-2H3. The number of amides is 1. The maximum atomic E-state index is 12.0. The molecule has 1 fully saturated rings. The van der Waals surface area contributed by atoms with Crippen LogP contribution in [0.1, 0.15) is 43.2 Å². The number of aliphatic hydroxyl groups is 1. The smallest absolute Gasteiger partial charge is 0.222 e. The van der Waals surface area contributed by atoms with E-state index >= 15 is 0 Å². The summed E-state index contributed by atoms with van der Waals surface area (Å²) in [7, 11) is 3.60. The molecule has 1 N–H and O–H groups in total. The highest BCUT2D eigenvalue weighted by atomic mass is 35.5. The van der Waals surface area contributed by atoms with Crippen LogP contribution in [0, 0.1) is 5.92 Å². The summed E-state index contributed by atoms with van der Waals surface area (Å²) in [5.74, 6) is 0.288. The van der Waals surface area contributed by atoms with Crippen molar-refractivity contribution in [2.75, 3.05) is 33.7 Å². The van der Waals surface area contributed by atoms with Gasteiger partial charge in [-0.25, -0.2) is 0 Å². The Bertz CT molecular complexity index is 799. The summed E-state index contributed by atoms with van der Waals surface area (Å²) >= 11 is 12.2. The molecule has 4 nitrogen and oxygen atoms in total. The Kier molecular flexibility index (Phi) is 8.40. The number of hydrogen-bond donors (Lipinski definition) is 1. The number of nitrogens with zero attached hydrogens (tertiary/aromatic N) is 2. The van der Waals surface area contributed by atoms with Crippen LogP contribution in [0.5, 0.6) is 0 Å². The maximum absolute atomic E-state index is 12.0. The molecular weight excluding hydrogens is 431 g/mol. The highest BCUT2D eigenvalue weighted by molar-refractivity contribution is 6.30. The van der Waals surface area contributed by atoms with Crippen LogP contribution in [0.15, 0.2) is 48.5 Å². The minimum Gasteiger partial charge on any atom is -0.380 e. The Balaban J connectivity index is 1.66. The molecule has 3 rings (SSSR count). The van der Waals surface area contributed by atoms with E-state index in [-0.39, 0.29) is 11.8 Å². The van der Waals surface area contributed by atoms with Gasteiger partial charge in [-0.1, -0.05) is 47.5 Å². The van der Waals surface area contributed by atoms with E-state index in [1.165, 1.54) is 0 Å². The van der Waals surface area contributed by atoms with Crippen LogP contribution in [-0.4, -0.2) is 54.5 Å². The Morgan fingerprint density at radius 1 is 0.968 bits per heavy atom. The lowest BCUT2D eigenvalue weighted by Crippen LogP contribution is -2.44. The van der Waals surface area contributed by atoms with Crippen molar-refractivity contribution < 1.29 is 9.90 Å². The SMILES string of the molecule is CN(C)C(=O)CCCCN1CCC(C(O)(c2ccc(Cl)cc2)c2ccc(Cl)cc2)CC1. The average molecular weight is 463 g/mol. The van der Waals surface area contributed by atoms with Crippen molar-refractivity contribution in [2.45, 2.75) is 37.7 Å². The number of carbonyl (C=O) groups excluding carboxylic acids is 1. The van der Waals surface area contributed by atoms with Gasteiger partial charge in [-0.2, -0.15) is 0 Å². The number of carbonyl (C=O) groups is 1. The summed E-state index contributed by atoms with van der Waals surface area (Å²) in [6.07, 6.45) is 4.34. The normalized spacial score (nSPS) is 15.8. The van der Waals surface area contributed by atoms with Gasteiger partial charge in [0.1, 0.15) is 5.60 Å². The van der Waals surface area contributed by atoms with E-state index in [9.17, 15) is 9.90 Å². The molecule has 0 atom stereocenters. The van der Waals surface area contributed by atoms with Gasteiger partial charge in [-0.3, -0.25) is 4.79 Å². The topological polar surface area (TPSA) is 43.8 Å². The first kappa shape index (κ1) is 24.1. The van der Waals surface area contributed by atoms with Crippen LogP contribution in [0.25, 0.3) is 0 Å². The lowest BCUT2D eigenvalue weighted by atomic mass is 9.72. The molecule has 31 heavy (non-hydrogen) atoms. The first-order chi connectivity index (χ1) is 14.8. The van der Waals surface area contributed by atoms with Crippen LogP contribution in [0.2, 0.25) is 10.0 Å². The summed E-state index contributed by atoms with van der Waals surface area (Å²) in [5.41, 5.74) is 0.638. The predicted octanol–water partition coefficient (Wildman–Crippen LogP) is 5.20. The molecule has 0 bridgehead atoms. The summed E-state index contributed by atoms with van der Waals surface area (Å²) in [6.45, 7) is 2.87. The third-order valence-corrected chi connectivity index (χ3v) is 6.86. The van der Waals surface area contributed by atoms with E-state index in [1.54, 1.807) is 19.0 Å². The average Bonchev–Trinajstić information content (AvgIpc) is 2.77. The zero-order valence-corrected chi connectivity index (χ0v) is 19.9. The second kappa shape index (κ2) is 10.8. The van der Waals surface area contributed by atoms with Gasteiger partial charge in [0.05, 0.1) is 0 Å². The van der Waals surface area contributed by atoms with E-state index in [2.05, 4.69) is 4.90 Å². The molecule has 0 aliphatic carbocycles. The third kappa shape index (κ3) is 6.01. The van der Waals surface area contributed by atoms with Gasteiger partial charge < -0.3 is 14.9 Å². The monoisotopic (exact) mass is 462 g/mol. The number of benzene rings is 2. The first-order valence-electron chi connectivity index (χ1n) is 11.0. The minimum absolute atomic E-state index is 0.0985. The van der Waals surface area contributed by atoms with Gasteiger partial charge in [-0.15, -0.1) is 0 Å². The van der Waals surface area contributed by atoms with Crippen molar-refractivity contribution >= 4 is 29.1 Å². The summed E-state index contributed by atoms with van der Waals surface area (Å²) in [5, 5.41) is 13.3. The molecule has 1 saturated heterocycles.